The lowest BCUT2D eigenvalue weighted by Gasteiger charge is -2.30. The zero-order valence-corrected chi connectivity index (χ0v) is 12.6. The van der Waals surface area contributed by atoms with Gasteiger partial charge in [0.25, 0.3) is 0 Å². The molecule has 1 rings (SSSR count). The Balaban J connectivity index is 2.39. The van der Waals surface area contributed by atoms with Gasteiger partial charge in [-0.05, 0) is 25.0 Å². The molecule has 1 aromatic carbocycles. The van der Waals surface area contributed by atoms with E-state index in [1.165, 1.54) is 18.5 Å². The van der Waals surface area contributed by atoms with Gasteiger partial charge in [-0.25, -0.2) is 0 Å². The Morgan fingerprint density at radius 1 is 1.11 bits per heavy atom. The molecule has 108 valence electrons. The number of anilines is 1. The van der Waals surface area contributed by atoms with Crippen molar-refractivity contribution in [1.82, 2.24) is 4.90 Å². The largest absolute Gasteiger partial charge is 0.384 e. The highest BCUT2D eigenvalue weighted by Gasteiger charge is 2.13. The van der Waals surface area contributed by atoms with Crippen molar-refractivity contribution < 1.29 is 4.74 Å². The second-order valence-electron chi connectivity index (χ2n) is 4.79. The number of rotatable bonds is 10. The van der Waals surface area contributed by atoms with Crippen LogP contribution in [0.3, 0.4) is 0 Å². The van der Waals surface area contributed by atoms with Gasteiger partial charge in [0.05, 0.1) is 6.61 Å². The highest BCUT2D eigenvalue weighted by atomic mass is 16.5. The van der Waals surface area contributed by atoms with Crippen LogP contribution in [0.5, 0.6) is 0 Å². The molecule has 1 N–H and O–H groups in total. The van der Waals surface area contributed by atoms with E-state index in [0.29, 0.717) is 6.04 Å². The van der Waals surface area contributed by atoms with Crippen molar-refractivity contribution in [3.05, 3.63) is 30.3 Å². The highest BCUT2D eigenvalue weighted by molar-refractivity contribution is 5.42. The Morgan fingerprint density at radius 3 is 2.37 bits per heavy atom. The molecule has 0 saturated carbocycles. The molecular weight excluding hydrogens is 236 g/mol. The van der Waals surface area contributed by atoms with Crippen molar-refractivity contribution in [2.24, 2.45) is 0 Å². The molecule has 0 atom stereocenters. The van der Waals surface area contributed by atoms with E-state index in [1.54, 1.807) is 7.11 Å². The lowest BCUT2D eigenvalue weighted by molar-refractivity contribution is 0.118. The maximum absolute atomic E-state index is 5.21. The second kappa shape index (κ2) is 9.82. The van der Waals surface area contributed by atoms with Crippen LogP contribution in [0.25, 0.3) is 0 Å². The van der Waals surface area contributed by atoms with Gasteiger partial charge in [0.15, 0.2) is 0 Å². The molecule has 0 radical (unpaired) electrons. The van der Waals surface area contributed by atoms with Gasteiger partial charge in [-0.15, -0.1) is 0 Å². The summed E-state index contributed by atoms with van der Waals surface area (Å²) in [6.45, 7) is 8.38. The van der Waals surface area contributed by atoms with Crippen LogP contribution < -0.4 is 5.32 Å². The summed E-state index contributed by atoms with van der Waals surface area (Å²) in [5.41, 5.74) is 1.19. The van der Waals surface area contributed by atoms with E-state index in [4.69, 9.17) is 4.74 Å². The molecule has 0 amide bonds. The summed E-state index contributed by atoms with van der Waals surface area (Å²) in [6.07, 6.45) is 2.40. The van der Waals surface area contributed by atoms with Crippen LogP contribution in [0.2, 0.25) is 0 Å². The van der Waals surface area contributed by atoms with E-state index in [1.807, 2.05) is 6.07 Å². The molecule has 3 nitrogen and oxygen atoms in total. The lowest BCUT2D eigenvalue weighted by Crippen LogP contribution is -2.40. The molecule has 0 aliphatic carbocycles. The number of hydrogen-bond donors (Lipinski definition) is 1. The van der Waals surface area contributed by atoms with E-state index < -0.39 is 0 Å². The van der Waals surface area contributed by atoms with Gasteiger partial charge in [-0.2, -0.15) is 0 Å². The molecule has 1 aromatic rings. The first-order chi connectivity index (χ1) is 9.31. The van der Waals surface area contributed by atoms with E-state index in [2.05, 4.69) is 48.3 Å². The number of nitrogens with zero attached hydrogens (tertiary/aromatic N) is 1. The lowest BCUT2D eigenvalue weighted by atomic mass is 10.1. The standard InChI is InChI=1S/C16H28N2O/c1-4-16(5-2)18(13-14-19-3)12-11-17-15-9-7-6-8-10-15/h6-10,16-17H,4-5,11-14H2,1-3H3. The molecule has 0 bridgehead atoms. The van der Waals surface area contributed by atoms with Crippen molar-refractivity contribution in [3.8, 4) is 0 Å². The second-order valence-corrected chi connectivity index (χ2v) is 4.79. The van der Waals surface area contributed by atoms with Crippen molar-refractivity contribution in [2.75, 3.05) is 38.7 Å². The Bertz CT molecular complexity index is 312. The first-order valence-electron chi connectivity index (χ1n) is 7.33. The van der Waals surface area contributed by atoms with Crippen LogP contribution in [-0.2, 0) is 4.74 Å². The van der Waals surface area contributed by atoms with Crippen LogP contribution in [0, 0.1) is 0 Å². The van der Waals surface area contributed by atoms with E-state index >= 15 is 0 Å². The minimum absolute atomic E-state index is 0.660. The van der Waals surface area contributed by atoms with Gasteiger partial charge in [0.1, 0.15) is 0 Å². The average Bonchev–Trinajstić information content (AvgIpc) is 2.46. The molecule has 0 aliphatic rings. The molecule has 0 heterocycles. The molecule has 19 heavy (non-hydrogen) atoms. The maximum Gasteiger partial charge on any atom is 0.0589 e. The zero-order valence-electron chi connectivity index (χ0n) is 12.6. The number of nitrogens with one attached hydrogen (secondary N) is 1. The summed E-state index contributed by atoms with van der Waals surface area (Å²) in [6, 6.07) is 11.0. The summed E-state index contributed by atoms with van der Waals surface area (Å²) >= 11 is 0. The summed E-state index contributed by atoms with van der Waals surface area (Å²) in [5, 5.41) is 3.47. The summed E-state index contributed by atoms with van der Waals surface area (Å²) < 4.78 is 5.21. The number of para-hydroxylation sites is 1. The maximum atomic E-state index is 5.21. The first-order valence-corrected chi connectivity index (χ1v) is 7.33. The third-order valence-electron chi connectivity index (χ3n) is 3.54. The molecule has 0 fully saturated rings. The van der Waals surface area contributed by atoms with Gasteiger partial charge < -0.3 is 10.1 Å². The molecule has 0 aromatic heterocycles. The van der Waals surface area contributed by atoms with E-state index in [0.717, 1.165) is 26.2 Å². The Hall–Kier alpha value is -1.06. The number of methoxy groups -OCH3 is 1. The van der Waals surface area contributed by atoms with Gasteiger partial charge in [0.2, 0.25) is 0 Å². The highest BCUT2D eigenvalue weighted by Crippen LogP contribution is 2.09. The van der Waals surface area contributed by atoms with Gasteiger partial charge in [0, 0.05) is 38.5 Å². The molecule has 0 spiro atoms. The third kappa shape index (κ3) is 6.08. The predicted molar refractivity (Wildman–Crippen MR) is 82.8 cm³/mol. The van der Waals surface area contributed by atoms with E-state index in [-0.39, 0.29) is 0 Å². The van der Waals surface area contributed by atoms with Crippen molar-refractivity contribution in [2.45, 2.75) is 32.7 Å². The minimum atomic E-state index is 0.660. The Morgan fingerprint density at radius 2 is 1.79 bits per heavy atom. The fraction of sp³-hybridized carbons (Fsp3) is 0.625. The molecule has 3 heteroatoms. The zero-order chi connectivity index (χ0) is 13.9. The monoisotopic (exact) mass is 264 g/mol. The van der Waals surface area contributed by atoms with Crippen LogP contribution >= 0.6 is 0 Å². The Labute approximate surface area is 118 Å². The number of hydrogen-bond acceptors (Lipinski definition) is 3. The fourth-order valence-corrected chi connectivity index (χ4v) is 2.39. The summed E-state index contributed by atoms with van der Waals surface area (Å²) in [5.74, 6) is 0. The molecular formula is C16H28N2O. The quantitative estimate of drug-likeness (QED) is 0.702. The number of ether oxygens (including phenoxy) is 1. The van der Waals surface area contributed by atoms with E-state index in [9.17, 15) is 0 Å². The summed E-state index contributed by atoms with van der Waals surface area (Å²) in [7, 11) is 1.77. The minimum Gasteiger partial charge on any atom is -0.384 e. The van der Waals surface area contributed by atoms with Crippen molar-refractivity contribution in [1.29, 1.82) is 0 Å². The normalized spacial score (nSPS) is 11.2. The smallest absolute Gasteiger partial charge is 0.0589 e. The van der Waals surface area contributed by atoms with Gasteiger partial charge >= 0.3 is 0 Å². The van der Waals surface area contributed by atoms with Gasteiger partial charge in [-0.1, -0.05) is 32.0 Å². The number of benzene rings is 1. The average molecular weight is 264 g/mol. The molecule has 0 unspecified atom stereocenters. The van der Waals surface area contributed by atoms with Crippen LogP contribution in [0.1, 0.15) is 26.7 Å². The molecule has 0 aliphatic heterocycles. The van der Waals surface area contributed by atoms with Crippen molar-refractivity contribution in [3.63, 3.8) is 0 Å². The van der Waals surface area contributed by atoms with Crippen LogP contribution in [0.15, 0.2) is 30.3 Å². The third-order valence-corrected chi connectivity index (χ3v) is 3.54. The van der Waals surface area contributed by atoms with Gasteiger partial charge in [-0.3, -0.25) is 4.90 Å². The van der Waals surface area contributed by atoms with Crippen molar-refractivity contribution >= 4 is 5.69 Å². The summed E-state index contributed by atoms with van der Waals surface area (Å²) in [4.78, 5) is 2.53. The van der Waals surface area contributed by atoms with Crippen LogP contribution in [0.4, 0.5) is 5.69 Å². The topological polar surface area (TPSA) is 24.5 Å². The SMILES string of the molecule is CCC(CC)N(CCNc1ccccc1)CCOC. The first kappa shape index (κ1) is 16.0. The Kier molecular flexibility index (Phi) is 8.26. The predicted octanol–water partition coefficient (Wildman–Crippen LogP) is 3.24. The fourth-order valence-electron chi connectivity index (χ4n) is 2.39. The van der Waals surface area contributed by atoms with Crippen LogP contribution in [-0.4, -0.2) is 44.3 Å². The molecule has 0 saturated heterocycles.